The van der Waals surface area contributed by atoms with Gasteiger partial charge in [0, 0.05) is 12.6 Å². The van der Waals surface area contributed by atoms with Crippen LogP contribution in [0.3, 0.4) is 0 Å². The van der Waals surface area contributed by atoms with Crippen molar-refractivity contribution in [3.63, 3.8) is 0 Å². The van der Waals surface area contributed by atoms with E-state index in [0.717, 1.165) is 23.5 Å². The number of allylic oxidation sites excluding steroid dienone is 3. The van der Waals surface area contributed by atoms with Crippen LogP contribution in [0.2, 0.25) is 0 Å². The Balaban J connectivity index is 1.45. The van der Waals surface area contributed by atoms with Crippen molar-refractivity contribution >= 4 is 0 Å². The molecule has 1 saturated heterocycles. The Morgan fingerprint density at radius 1 is 1.10 bits per heavy atom. The highest BCUT2D eigenvalue weighted by Crippen LogP contribution is 2.59. The number of likely N-dealkylation sites (tertiary alicyclic amines) is 1. The zero-order valence-corrected chi connectivity index (χ0v) is 20.2. The highest BCUT2D eigenvalue weighted by Gasteiger charge is 2.50. The fourth-order valence-corrected chi connectivity index (χ4v) is 7.57. The molecule has 31 heavy (non-hydrogen) atoms. The summed E-state index contributed by atoms with van der Waals surface area (Å²) in [5, 5.41) is 20.3. The molecule has 4 fully saturated rings. The van der Waals surface area contributed by atoms with Crippen LogP contribution in [0.5, 0.6) is 0 Å². The number of fused-ring (bicyclic) bond motifs is 1. The number of piperidine rings is 1. The number of nitrogens with zero attached hydrogens (tertiary/aromatic N) is 1. The van der Waals surface area contributed by atoms with E-state index >= 15 is 0 Å². The van der Waals surface area contributed by atoms with Gasteiger partial charge in [0.1, 0.15) is 0 Å². The molecule has 3 heteroatoms. The predicted octanol–water partition coefficient (Wildman–Crippen LogP) is 5.64. The molecule has 0 spiro atoms. The lowest BCUT2D eigenvalue weighted by Gasteiger charge is -2.46. The molecule has 174 valence electrons. The molecule has 4 aliphatic rings. The fraction of sp³-hybridized carbons (Fsp3) is 0.786. The van der Waals surface area contributed by atoms with Gasteiger partial charge >= 0.3 is 0 Å². The minimum Gasteiger partial charge on any atom is -0.388 e. The van der Waals surface area contributed by atoms with Crippen LogP contribution in [0.1, 0.15) is 85.0 Å². The van der Waals surface area contributed by atoms with Gasteiger partial charge in [-0.2, -0.15) is 0 Å². The Hall–Kier alpha value is -0.900. The van der Waals surface area contributed by atoms with E-state index in [1.807, 2.05) is 0 Å². The quantitative estimate of drug-likeness (QED) is 0.571. The van der Waals surface area contributed by atoms with Crippen molar-refractivity contribution in [2.45, 2.75) is 103 Å². The van der Waals surface area contributed by atoms with Crippen molar-refractivity contribution in [2.75, 3.05) is 13.1 Å². The third kappa shape index (κ3) is 4.75. The Morgan fingerprint density at radius 3 is 2.55 bits per heavy atom. The number of hydrogen-bond acceptors (Lipinski definition) is 3. The second kappa shape index (κ2) is 9.53. The fourth-order valence-electron chi connectivity index (χ4n) is 7.57. The molecule has 0 amide bonds. The van der Waals surface area contributed by atoms with E-state index in [4.69, 9.17) is 0 Å². The first-order chi connectivity index (χ1) is 14.8. The van der Waals surface area contributed by atoms with E-state index < -0.39 is 12.2 Å². The molecule has 0 aromatic carbocycles. The summed E-state index contributed by atoms with van der Waals surface area (Å²) in [5.41, 5.74) is 3.79. The minimum absolute atomic E-state index is 0.431. The van der Waals surface area contributed by atoms with Gasteiger partial charge in [-0.1, -0.05) is 50.1 Å². The Bertz CT molecular complexity index is 709. The van der Waals surface area contributed by atoms with Crippen molar-refractivity contribution in [3.8, 4) is 0 Å². The Labute approximate surface area is 190 Å². The number of rotatable bonds is 4. The van der Waals surface area contributed by atoms with E-state index in [0.29, 0.717) is 29.7 Å². The van der Waals surface area contributed by atoms with E-state index in [1.54, 1.807) is 5.57 Å². The van der Waals surface area contributed by atoms with Crippen LogP contribution in [0.25, 0.3) is 0 Å². The lowest BCUT2D eigenvalue weighted by molar-refractivity contribution is 0.0598. The molecule has 0 bridgehead atoms. The predicted molar refractivity (Wildman–Crippen MR) is 129 cm³/mol. The standard InChI is InChI=1S/C28H45NO2/c1-19(18-29-15-6-5-8-20(29)2)24-12-13-25-23(9-7-14-28(24,25)4)11-10-22-16-26(30)21(3)27(31)17-22/h10-11,19-20,24-27,30-31H,3,5-9,12-18H2,1-2,4H3/b23-11+/t19-,20-,24-,25+,26-,27-,28-/m1/s1. The third-order valence-electron chi connectivity index (χ3n) is 9.49. The zero-order chi connectivity index (χ0) is 22.2. The number of aliphatic hydroxyl groups is 2. The van der Waals surface area contributed by atoms with Crippen molar-refractivity contribution in [3.05, 3.63) is 35.5 Å². The summed E-state index contributed by atoms with van der Waals surface area (Å²) in [4.78, 5) is 2.77. The molecule has 4 rings (SSSR count). The maximum absolute atomic E-state index is 10.2. The molecule has 3 saturated carbocycles. The molecule has 2 N–H and O–H groups in total. The first-order valence-corrected chi connectivity index (χ1v) is 13.0. The van der Waals surface area contributed by atoms with Gasteiger partial charge in [-0.15, -0.1) is 0 Å². The van der Waals surface area contributed by atoms with E-state index in [9.17, 15) is 10.2 Å². The van der Waals surface area contributed by atoms with Crippen LogP contribution >= 0.6 is 0 Å². The third-order valence-corrected chi connectivity index (χ3v) is 9.49. The van der Waals surface area contributed by atoms with Gasteiger partial charge in [-0.05, 0) is 100.0 Å². The van der Waals surface area contributed by atoms with E-state index in [-0.39, 0.29) is 0 Å². The summed E-state index contributed by atoms with van der Waals surface area (Å²) in [6, 6.07) is 0.756. The first kappa shape index (κ1) is 23.3. The van der Waals surface area contributed by atoms with Gasteiger partial charge < -0.3 is 15.1 Å². The highest BCUT2D eigenvalue weighted by molar-refractivity contribution is 5.29. The largest absolute Gasteiger partial charge is 0.388 e. The highest BCUT2D eigenvalue weighted by atomic mass is 16.3. The molecule has 0 unspecified atom stereocenters. The Kier molecular flexibility index (Phi) is 7.15. The lowest BCUT2D eigenvalue weighted by atomic mass is 9.61. The molecule has 7 atom stereocenters. The molecule has 0 radical (unpaired) electrons. The first-order valence-electron chi connectivity index (χ1n) is 13.0. The van der Waals surface area contributed by atoms with Crippen LogP contribution in [0, 0.1) is 23.2 Å². The molecule has 1 heterocycles. The summed E-state index contributed by atoms with van der Waals surface area (Å²) >= 11 is 0. The van der Waals surface area contributed by atoms with Crippen LogP contribution < -0.4 is 0 Å². The summed E-state index contributed by atoms with van der Waals surface area (Å²) in [7, 11) is 0. The molecular weight excluding hydrogens is 382 g/mol. The molecule has 1 aliphatic heterocycles. The smallest absolute Gasteiger partial charge is 0.0809 e. The molecule has 0 aromatic heterocycles. The Morgan fingerprint density at radius 2 is 1.84 bits per heavy atom. The maximum Gasteiger partial charge on any atom is 0.0809 e. The van der Waals surface area contributed by atoms with Crippen LogP contribution in [0.15, 0.2) is 35.5 Å². The number of aliphatic hydroxyl groups excluding tert-OH is 2. The molecule has 3 aliphatic carbocycles. The molecule has 3 nitrogen and oxygen atoms in total. The average Bonchev–Trinajstić information content (AvgIpc) is 3.09. The monoisotopic (exact) mass is 427 g/mol. The van der Waals surface area contributed by atoms with Gasteiger partial charge in [0.15, 0.2) is 0 Å². The summed E-state index contributed by atoms with van der Waals surface area (Å²) in [5.74, 6) is 2.30. The van der Waals surface area contributed by atoms with Crippen molar-refractivity contribution in [1.29, 1.82) is 0 Å². The van der Waals surface area contributed by atoms with Crippen LogP contribution in [0.4, 0.5) is 0 Å². The maximum atomic E-state index is 10.2. The summed E-state index contributed by atoms with van der Waals surface area (Å²) in [6.45, 7) is 13.9. The zero-order valence-electron chi connectivity index (χ0n) is 20.2. The van der Waals surface area contributed by atoms with Gasteiger partial charge in [0.2, 0.25) is 0 Å². The van der Waals surface area contributed by atoms with Crippen molar-refractivity contribution in [2.24, 2.45) is 23.2 Å². The number of hydrogen-bond donors (Lipinski definition) is 2. The topological polar surface area (TPSA) is 43.7 Å². The average molecular weight is 428 g/mol. The second-order valence-corrected chi connectivity index (χ2v) is 11.5. The second-order valence-electron chi connectivity index (χ2n) is 11.5. The van der Waals surface area contributed by atoms with Crippen molar-refractivity contribution < 1.29 is 10.2 Å². The van der Waals surface area contributed by atoms with E-state index in [1.165, 1.54) is 64.5 Å². The lowest BCUT2D eigenvalue weighted by Crippen LogP contribution is -2.44. The van der Waals surface area contributed by atoms with Gasteiger partial charge in [-0.3, -0.25) is 0 Å². The molecular formula is C28H45NO2. The molecule has 0 aromatic rings. The van der Waals surface area contributed by atoms with Gasteiger partial charge in [0.25, 0.3) is 0 Å². The normalized spacial score (nSPS) is 42.0. The summed E-state index contributed by atoms with van der Waals surface area (Å²) in [6.07, 6.45) is 15.4. The van der Waals surface area contributed by atoms with Crippen LogP contribution in [-0.4, -0.2) is 46.5 Å². The van der Waals surface area contributed by atoms with E-state index in [2.05, 4.69) is 44.4 Å². The van der Waals surface area contributed by atoms with Crippen LogP contribution in [-0.2, 0) is 0 Å². The van der Waals surface area contributed by atoms with Crippen molar-refractivity contribution in [1.82, 2.24) is 4.90 Å². The summed E-state index contributed by atoms with van der Waals surface area (Å²) < 4.78 is 0. The van der Waals surface area contributed by atoms with Gasteiger partial charge in [-0.25, -0.2) is 0 Å². The van der Waals surface area contributed by atoms with Gasteiger partial charge in [0.05, 0.1) is 12.2 Å². The SMILES string of the molecule is C=C1[C@H](O)CC(=C/C=C2\CCC[C@]3(C)[C@@H]([C@H](C)CN4CCCC[C@H]4C)CC[C@@H]23)C[C@H]1O. The minimum atomic E-state index is -0.598.